The van der Waals surface area contributed by atoms with Gasteiger partial charge >= 0.3 is 11.9 Å². The van der Waals surface area contributed by atoms with E-state index in [1.54, 1.807) is 24.3 Å². The Hall–Kier alpha value is -2.16. The van der Waals surface area contributed by atoms with E-state index in [0.717, 1.165) is 51.4 Å². The van der Waals surface area contributed by atoms with Gasteiger partial charge in [0.15, 0.2) is 23.8 Å². The van der Waals surface area contributed by atoms with Crippen LogP contribution in [0.25, 0.3) is 0 Å². The fraction of sp³-hybridized carbons (Fsp3) is 0.810. The Kier molecular flexibility index (Phi) is 9.53. The van der Waals surface area contributed by atoms with Crippen molar-refractivity contribution in [3.05, 3.63) is 35.4 Å². The summed E-state index contributed by atoms with van der Waals surface area (Å²) >= 11 is 0. The summed E-state index contributed by atoms with van der Waals surface area (Å²) < 4.78 is 37.6. The number of hydrogen-bond donors (Lipinski definition) is 0. The quantitative estimate of drug-likeness (QED) is 0.196. The van der Waals surface area contributed by atoms with E-state index < -0.39 is 47.3 Å². The molecule has 0 aromatic heterocycles. The summed E-state index contributed by atoms with van der Waals surface area (Å²) in [5, 5.41) is 0. The van der Waals surface area contributed by atoms with E-state index in [1.165, 1.54) is 0 Å². The van der Waals surface area contributed by atoms with Crippen LogP contribution >= 0.6 is 0 Å². The van der Waals surface area contributed by atoms with E-state index in [4.69, 9.17) is 48.0 Å². The molecule has 10 fully saturated rings. The number of benzene rings is 1. The highest BCUT2D eigenvalue weighted by Crippen LogP contribution is 2.62. The molecule has 298 valence electrons. The first-order chi connectivity index (χ1) is 25.9. The lowest BCUT2D eigenvalue weighted by molar-refractivity contribution is -0.571. The van der Waals surface area contributed by atoms with E-state index in [-0.39, 0.29) is 49.1 Å². The standard InChI is InChI=1S/C42H58O12/c1-23-7-13-31-25(3)33(47-37-41(31)29(23)15-19-39(5,49-37)51-53-41)17-21-45-35(43)27-9-11-28(12-10-27)36(44)46-22-18-34-26(4)32-14-8-24(2)30-16-20-40(6)50-38(48-34)42(30,32)54-52-40/h9-12,23-26,29-34,37-38H,7-8,13-22H2,1-6H3/t23-,24-,25-,26-,29+,30+,31+,32+,33?,34?,37+,38+,39-,40-,41-,42-/m1/s1. The third-order valence-corrected chi connectivity index (χ3v) is 15.2. The van der Waals surface area contributed by atoms with Gasteiger partial charge in [-0.1, -0.05) is 27.7 Å². The third-order valence-electron chi connectivity index (χ3n) is 15.2. The molecule has 8 heterocycles. The largest absolute Gasteiger partial charge is 0.462 e. The fourth-order valence-electron chi connectivity index (χ4n) is 12.1. The molecule has 0 N–H and O–H groups in total. The highest BCUT2D eigenvalue weighted by molar-refractivity contribution is 5.93. The molecule has 2 aliphatic carbocycles. The van der Waals surface area contributed by atoms with Crippen molar-refractivity contribution in [1.82, 2.24) is 0 Å². The molecule has 54 heavy (non-hydrogen) atoms. The summed E-state index contributed by atoms with van der Waals surface area (Å²) in [6, 6.07) is 6.42. The van der Waals surface area contributed by atoms with Crippen molar-refractivity contribution >= 4 is 11.9 Å². The zero-order valence-electron chi connectivity index (χ0n) is 32.6. The van der Waals surface area contributed by atoms with Gasteiger partial charge in [-0.15, -0.1) is 0 Å². The molecule has 8 aliphatic heterocycles. The number of esters is 2. The van der Waals surface area contributed by atoms with Gasteiger partial charge < -0.3 is 28.4 Å². The number of carbonyl (C=O) groups is 2. The summed E-state index contributed by atoms with van der Waals surface area (Å²) in [6.07, 6.45) is 7.54. The SMILES string of the molecule is C[C@@H]1CC[C@H]2[C@@H](C)C(CCOC(=O)c3ccc(C(=O)OCCC4O[C@H]5O[C@@]6(C)CC[C@H]7[C@H](C)CC[C@@H]([C@H]4C)[C@@]57OO6)cc3)O[C@H]3O[C@@]4(C)CC[C@@H]1[C@]32OO4. The smallest absolute Gasteiger partial charge is 0.338 e. The van der Waals surface area contributed by atoms with Crippen LogP contribution in [0.4, 0.5) is 0 Å². The first-order valence-electron chi connectivity index (χ1n) is 20.7. The second kappa shape index (κ2) is 13.7. The van der Waals surface area contributed by atoms with Crippen molar-refractivity contribution < 1.29 is 57.6 Å². The monoisotopic (exact) mass is 754 g/mol. The summed E-state index contributed by atoms with van der Waals surface area (Å²) in [4.78, 5) is 50.5. The van der Waals surface area contributed by atoms with Crippen molar-refractivity contribution in [2.75, 3.05) is 13.2 Å². The lowest BCUT2D eigenvalue weighted by atomic mass is 9.57. The minimum atomic E-state index is -0.827. The van der Waals surface area contributed by atoms with E-state index in [9.17, 15) is 9.59 Å². The number of rotatable bonds is 8. The van der Waals surface area contributed by atoms with Crippen molar-refractivity contribution in [3.63, 3.8) is 0 Å². The maximum Gasteiger partial charge on any atom is 0.338 e. The number of hydrogen-bond acceptors (Lipinski definition) is 12. The average Bonchev–Trinajstić information content (AvgIpc) is 3.53. The first-order valence-corrected chi connectivity index (χ1v) is 20.7. The Morgan fingerprint density at radius 2 is 1.00 bits per heavy atom. The zero-order chi connectivity index (χ0) is 37.6. The minimum absolute atomic E-state index is 0.150. The van der Waals surface area contributed by atoms with Crippen LogP contribution in [-0.4, -0.2) is 72.7 Å². The van der Waals surface area contributed by atoms with Gasteiger partial charge in [0.25, 0.3) is 0 Å². The maximum absolute atomic E-state index is 13.1. The van der Waals surface area contributed by atoms with Crippen LogP contribution in [0.1, 0.15) is 126 Å². The molecule has 1 aromatic rings. The van der Waals surface area contributed by atoms with Crippen LogP contribution in [-0.2, 0) is 48.0 Å². The molecule has 8 saturated heterocycles. The van der Waals surface area contributed by atoms with Gasteiger partial charge in [-0.25, -0.2) is 29.1 Å². The molecule has 12 heteroatoms. The summed E-state index contributed by atoms with van der Waals surface area (Å²) in [5.74, 6) is -0.150. The van der Waals surface area contributed by atoms with Crippen molar-refractivity contribution in [3.8, 4) is 0 Å². The first kappa shape index (κ1) is 37.4. The van der Waals surface area contributed by atoms with Crippen LogP contribution in [0.5, 0.6) is 0 Å². The van der Waals surface area contributed by atoms with Gasteiger partial charge in [0.05, 0.1) is 36.5 Å². The molecule has 16 atom stereocenters. The van der Waals surface area contributed by atoms with E-state index in [1.807, 2.05) is 13.8 Å². The Labute approximate surface area is 318 Å². The summed E-state index contributed by atoms with van der Waals surface area (Å²) in [6.45, 7) is 13.3. The Morgan fingerprint density at radius 3 is 1.41 bits per heavy atom. The second-order valence-corrected chi connectivity index (χ2v) is 18.3. The summed E-state index contributed by atoms with van der Waals surface area (Å²) in [7, 11) is 0. The number of carbonyl (C=O) groups excluding carboxylic acids is 2. The Bertz CT molecular complexity index is 1470. The van der Waals surface area contributed by atoms with Crippen LogP contribution in [0, 0.1) is 47.3 Å². The van der Waals surface area contributed by atoms with Crippen LogP contribution in [0.2, 0.25) is 0 Å². The van der Waals surface area contributed by atoms with Gasteiger partial charge in [-0.3, -0.25) is 0 Å². The molecule has 11 rings (SSSR count). The van der Waals surface area contributed by atoms with Gasteiger partial charge in [0, 0.05) is 37.5 Å². The zero-order valence-corrected chi connectivity index (χ0v) is 32.6. The molecule has 2 saturated carbocycles. The lowest BCUT2D eigenvalue weighted by Gasteiger charge is -2.60. The topological polar surface area (TPSA) is 126 Å². The van der Waals surface area contributed by atoms with E-state index >= 15 is 0 Å². The molecular weight excluding hydrogens is 696 g/mol. The second-order valence-electron chi connectivity index (χ2n) is 18.3. The van der Waals surface area contributed by atoms with Gasteiger partial charge in [-0.2, -0.15) is 0 Å². The van der Waals surface area contributed by atoms with Gasteiger partial charge in [-0.05, 0) is 112 Å². The van der Waals surface area contributed by atoms with Crippen LogP contribution in [0.15, 0.2) is 24.3 Å². The third kappa shape index (κ3) is 5.91. The fourth-order valence-corrected chi connectivity index (χ4v) is 12.1. The number of ether oxygens (including phenoxy) is 6. The molecule has 10 aliphatic rings. The highest BCUT2D eigenvalue weighted by atomic mass is 17.3. The highest BCUT2D eigenvalue weighted by Gasteiger charge is 2.70. The van der Waals surface area contributed by atoms with Crippen molar-refractivity contribution in [2.24, 2.45) is 47.3 Å². The molecule has 4 bridgehead atoms. The maximum atomic E-state index is 13.1. The van der Waals surface area contributed by atoms with Crippen LogP contribution in [0.3, 0.4) is 0 Å². The minimum Gasteiger partial charge on any atom is -0.462 e. The van der Waals surface area contributed by atoms with Crippen molar-refractivity contribution in [1.29, 1.82) is 0 Å². The average molecular weight is 755 g/mol. The molecule has 1 aromatic carbocycles. The molecule has 0 amide bonds. The lowest BCUT2D eigenvalue weighted by Crippen LogP contribution is -2.70. The number of fused-ring (bicyclic) bond motifs is 4. The van der Waals surface area contributed by atoms with E-state index in [2.05, 4.69) is 27.7 Å². The summed E-state index contributed by atoms with van der Waals surface area (Å²) in [5.41, 5.74) is -0.489. The Balaban J connectivity index is 0.766. The molecule has 2 unspecified atom stereocenters. The van der Waals surface area contributed by atoms with E-state index in [0.29, 0.717) is 47.6 Å². The van der Waals surface area contributed by atoms with Crippen LogP contribution < -0.4 is 0 Å². The molecular formula is C42H58O12. The molecule has 0 radical (unpaired) electrons. The van der Waals surface area contributed by atoms with Crippen molar-refractivity contribution in [2.45, 2.75) is 153 Å². The van der Waals surface area contributed by atoms with Gasteiger partial charge in [0.1, 0.15) is 0 Å². The van der Waals surface area contributed by atoms with Gasteiger partial charge in [0.2, 0.25) is 11.6 Å². The Morgan fingerprint density at radius 1 is 0.593 bits per heavy atom. The normalized spacial score (nSPS) is 48.9. The molecule has 2 spiro atoms. The predicted octanol–water partition coefficient (Wildman–Crippen LogP) is 7.28. The molecule has 12 nitrogen and oxygen atoms in total. The predicted molar refractivity (Wildman–Crippen MR) is 190 cm³/mol.